The largest absolute Gasteiger partial charge is 0.540 e. The Balaban J connectivity index is 1.72. The zero-order valence-electron chi connectivity index (χ0n) is 43.2. The lowest BCUT2D eigenvalue weighted by Gasteiger charge is -2.44. The van der Waals surface area contributed by atoms with Crippen LogP contribution in [-0.4, -0.2) is 89.5 Å². The van der Waals surface area contributed by atoms with E-state index in [9.17, 15) is 19.2 Å². The second kappa shape index (κ2) is 22.8. The minimum Gasteiger partial charge on any atom is -0.540 e. The summed E-state index contributed by atoms with van der Waals surface area (Å²) in [4.78, 5) is 71.6. The Hall–Kier alpha value is -5.40. The number of carbonyl (C=O) groups is 5. The molecule has 4 rings (SSSR count). The van der Waals surface area contributed by atoms with Crippen LogP contribution in [0.25, 0.3) is 0 Å². The van der Waals surface area contributed by atoms with Crippen LogP contribution in [0, 0.1) is 5.92 Å². The van der Waals surface area contributed by atoms with Gasteiger partial charge >= 0.3 is 12.2 Å². The first-order valence-corrected chi connectivity index (χ1v) is 28.7. The molecule has 2 aromatic carbocycles. The van der Waals surface area contributed by atoms with Crippen molar-refractivity contribution < 1.29 is 47.0 Å². The molecule has 0 saturated carbocycles. The van der Waals surface area contributed by atoms with E-state index in [1.54, 1.807) is 62.3 Å². The summed E-state index contributed by atoms with van der Waals surface area (Å²) in [6.45, 7) is 34.1. The fourth-order valence-corrected chi connectivity index (χ4v) is 15.2. The quantitative estimate of drug-likeness (QED) is 0.0908. The molecule has 5 amide bonds. The molecule has 0 spiro atoms. The molecular formula is C51H77N5O10Si2. The Morgan fingerprint density at radius 3 is 2.03 bits per heavy atom. The van der Waals surface area contributed by atoms with Gasteiger partial charge < -0.3 is 43.9 Å². The first kappa shape index (κ1) is 55.2. The number of anilines is 2. The molecule has 0 bridgehead atoms. The number of carbonyl (C=O) groups excluding carboxylic acids is 5. The van der Waals surface area contributed by atoms with E-state index < -0.39 is 65.0 Å². The van der Waals surface area contributed by atoms with Gasteiger partial charge in [-0.15, -0.1) is 0 Å². The van der Waals surface area contributed by atoms with Crippen molar-refractivity contribution in [2.75, 3.05) is 23.9 Å². The van der Waals surface area contributed by atoms with E-state index in [2.05, 4.69) is 97.9 Å². The molecule has 0 fully saturated rings. The van der Waals surface area contributed by atoms with Crippen LogP contribution in [0.15, 0.2) is 73.0 Å². The molecule has 17 heteroatoms. The maximum Gasteiger partial charge on any atom is 0.416 e. The molecular weight excluding hydrogens is 899 g/mol. The molecule has 374 valence electrons. The van der Waals surface area contributed by atoms with Crippen LogP contribution in [0.3, 0.4) is 0 Å². The average molecular weight is 976 g/mol. The lowest BCUT2D eigenvalue weighted by molar-refractivity contribution is -0.128. The molecule has 0 aliphatic carbocycles. The van der Waals surface area contributed by atoms with Gasteiger partial charge in [0.15, 0.2) is 20.3 Å². The summed E-state index contributed by atoms with van der Waals surface area (Å²) in [5.74, 6) is -0.784. The van der Waals surface area contributed by atoms with Gasteiger partial charge in [-0.2, -0.15) is 0 Å². The molecule has 2 aromatic rings. The van der Waals surface area contributed by atoms with Crippen molar-refractivity contribution in [3.63, 3.8) is 0 Å². The zero-order valence-corrected chi connectivity index (χ0v) is 45.2. The lowest BCUT2D eigenvalue weighted by atomic mass is 10.0. The van der Waals surface area contributed by atoms with Gasteiger partial charge in [0.25, 0.3) is 14.2 Å². The maximum absolute atomic E-state index is 15.1. The van der Waals surface area contributed by atoms with Crippen molar-refractivity contribution in [3.05, 3.63) is 84.1 Å². The van der Waals surface area contributed by atoms with Crippen LogP contribution in [0.1, 0.15) is 112 Å². The normalized spacial score (nSPS) is 17.4. The SMILES string of the molecule is C=CCOC(=O)N[C@H](C(=O)N[C@@H](C)C(=O)Nc1ccc(COC(=O)N2c3cc(O[Si](C(C)C)(C(C)C)C(C)C)c(OC)cc3C(=O)N3C=C(/C=C/C)C[C@H]3[C@@H]2O[Si](C)(C)C(C)(C)C)cc1)C(C)C. The number of benzene rings is 2. The van der Waals surface area contributed by atoms with Crippen LogP contribution in [0.2, 0.25) is 34.8 Å². The first-order valence-electron chi connectivity index (χ1n) is 23.7. The van der Waals surface area contributed by atoms with E-state index in [1.165, 1.54) is 17.9 Å². The summed E-state index contributed by atoms with van der Waals surface area (Å²) < 4.78 is 31.7. The smallest absolute Gasteiger partial charge is 0.416 e. The number of fused-ring (bicyclic) bond motifs is 2. The van der Waals surface area contributed by atoms with Crippen LogP contribution >= 0.6 is 0 Å². The van der Waals surface area contributed by atoms with Crippen molar-refractivity contribution in [1.82, 2.24) is 15.5 Å². The number of hydrogen-bond acceptors (Lipinski definition) is 10. The first-order chi connectivity index (χ1) is 31.7. The fraction of sp³-hybridized carbons (Fsp3) is 0.549. The summed E-state index contributed by atoms with van der Waals surface area (Å²) >= 11 is 0. The van der Waals surface area contributed by atoms with Crippen LogP contribution < -0.4 is 30.0 Å². The summed E-state index contributed by atoms with van der Waals surface area (Å²) in [5, 5.41) is 7.74. The molecule has 4 atom stereocenters. The van der Waals surface area contributed by atoms with Gasteiger partial charge in [0, 0.05) is 18.0 Å². The number of hydrogen-bond donors (Lipinski definition) is 3. The average Bonchev–Trinajstić information content (AvgIpc) is 3.65. The van der Waals surface area contributed by atoms with Gasteiger partial charge in [0.05, 0.1) is 24.4 Å². The van der Waals surface area contributed by atoms with E-state index in [0.29, 0.717) is 34.9 Å². The van der Waals surface area contributed by atoms with E-state index in [1.807, 2.05) is 25.3 Å². The molecule has 0 unspecified atom stereocenters. The number of alkyl carbamates (subject to hydrolysis) is 1. The van der Waals surface area contributed by atoms with Gasteiger partial charge in [-0.3, -0.25) is 14.4 Å². The fourth-order valence-electron chi connectivity index (χ4n) is 8.76. The van der Waals surface area contributed by atoms with Gasteiger partial charge in [0.2, 0.25) is 11.8 Å². The van der Waals surface area contributed by atoms with E-state index in [4.69, 9.17) is 23.1 Å². The summed E-state index contributed by atoms with van der Waals surface area (Å²) in [7, 11) is -3.69. The van der Waals surface area contributed by atoms with Crippen molar-refractivity contribution in [2.45, 2.75) is 162 Å². The highest BCUT2D eigenvalue weighted by Gasteiger charge is 2.52. The summed E-state index contributed by atoms with van der Waals surface area (Å²) in [6, 6.07) is 7.75. The van der Waals surface area contributed by atoms with Crippen molar-refractivity contribution in [1.29, 1.82) is 0 Å². The number of nitrogens with one attached hydrogen (secondary N) is 3. The van der Waals surface area contributed by atoms with Crippen LogP contribution in [-0.2, 0) is 30.1 Å². The predicted molar refractivity (Wildman–Crippen MR) is 273 cm³/mol. The molecule has 0 saturated heterocycles. The topological polar surface area (TPSA) is 174 Å². The minimum absolute atomic E-state index is 0.0142. The van der Waals surface area contributed by atoms with Crippen molar-refractivity contribution in [3.8, 4) is 11.5 Å². The summed E-state index contributed by atoms with van der Waals surface area (Å²) in [6.07, 6.45) is 5.15. The van der Waals surface area contributed by atoms with E-state index in [-0.39, 0.29) is 52.3 Å². The van der Waals surface area contributed by atoms with Crippen molar-refractivity contribution >= 4 is 57.9 Å². The highest BCUT2D eigenvalue weighted by molar-refractivity contribution is 6.78. The van der Waals surface area contributed by atoms with Crippen LogP contribution in [0.5, 0.6) is 11.5 Å². The predicted octanol–water partition coefficient (Wildman–Crippen LogP) is 10.8. The Morgan fingerprint density at radius 1 is 0.882 bits per heavy atom. The summed E-state index contributed by atoms with van der Waals surface area (Å²) in [5.41, 5.74) is 3.20. The Morgan fingerprint density at radius 2 is 1.50 bits per heavy atom. The second-order valence-corrected chi connectivity index (χ2v) is 30.6. The highest BCUT2D eigenvalue weighted by atomic mass is 28.4. The standard InChI is InChI=1S/C51H77N5O10Si2/c1-18-20-37-26-41-48(66-67(16,17)51(12,13)14)56(40-28-43(65-68(32(5)6,33(7)8)34(9)10)42(62-15)27-39(40)47(59)55(41)29-37)50(61)64-30-36-21-23-38(24-22-36)53-45(57)35(11)52-46(58)44(31(3)4)54-49(60)63-25-19-2/h18-24,27-29,31-35,41,44,48H,2,25-26,30H2,1,3-17H3,(H,52,58)(H,53,57)(H,54,60)/b20-18+/t35-,41-,44-,48-/m0/s1. The second-order valence-electron chi connectivity index (χ2n) is 20.5. The number of nitrogens with zero attached hydrogens (tertiary/aromatic N) is 2. The molecule has 0 radical (unpaired) electrons. The van der Waals surface area contributed by atoms with Crippen LogP contribution in [0.4, 0.5) is 21.0 Å². The molecule has 15 nitrogen and oxygen atoms in total. The van der Waals surface area contributed by atoms with E-state index in [0.717, 1.165) is 5.57 Å². The molecule has 68 heavy (non-hydrogen) atoms. The number of amides is 5. The lowest BCUT2D eigenvalue weighted by Crippen LogP contribution is -2.57. The zero-order chi connectivity index (χ0) is 51.1. The number of ether oxygens (including phenoxy) is 3. The highest BCUT2D eigenvalue weighted by Crippen LogP contribution is 2.49. The Labute approximate surface area is 406 Å². The third kappa shape index (κ3) is 12.4. The maximum atomic E-state index is 15.1. The number of methoxy groups -OCH3 is 1. The van der Waals surface area contributed by atoms with Gasteiger partial charge in [0.1, 0.15) is 31.0 Å². The third-order valence-electron chi connectivity index (χ3n) is 13.4. The number of rotatable bonds is 19. The van der Waals surface area contributed by atoms with Gasteiger partial charge in [-0.25, -0.2) is 14.5 Å². The monoisotopic (exact) mass is 976 g/mol. The molecule has 0 aromatic heterocycles. The Kier molecular flexibility index (Phi) is 18.5. The van der Waals surface area contributed by atoms with E-state index >= 15 is 4.79 Å². The third-order valence-corrected chi connectivity index (χ3v) is 23.8. The minimum atomic E-state index is -2.67. The molecule has 3 N–H and O–H groups in total. The van der Waals surface area contributed by atoms with Crippen molar-refractivity contribution in [2.24, 2.45) is 5.92 Å². The molecule has 2 aliphatic heterocycles. The van der Waals surface area contributed by atoms with Gasteiger partial charge in [-0.05, 0) is 90.3 Å². The Bertz CT molecular complexity index is 2190. The van der Waals surface area contributed by atoms with Gasteiger partial charge in [-0.1, -0.05) is 113 Å². The molecule has 2 aliphatic rings. The molecule has 2 heterocycles. The number of allylic oxidation sites excluding steroid dienone is 2.